The Labute approximate surface area is 196 Å². The number of benzene rings is 2. The van der Waals surface area contributed by atoms with Gasteiger partial charge in [0.25, 0.3) is 5.91 Å². The zero-order valence-electron chi connectivity index (χ0n) is 18.9. The molecular formula is C24H25N5O5. The molecule has 0 bridgehead atoms. The molecule has 4 rings (SSSR count). The van der Waals surface area contributed by atoms with Crippen LogP contribution in [0.4, 0.5) is 5.69 Å². The van der Waals surface area contributed by atoms with Gasteiger partial charge in [-0.05, 0) is 48.5 Å². The van der Waals surface area contributed by atoms with E-state index in [9.17, 15) is 9.59 Å². The van der Waals surface area contributed by atoms with Crippen molar-refractivity contribution in [3.8, 4) is 5.75 Å². The number of nitrogens with one attached hydrogen (secondary N) is 1. The van der Waals surface area contributed by atoms with Crippen molar-refractivity contribution in [1.29, 1.82) is 0 Å². The third-order valence-electron chi connectivity index (χ3n) is 5.25. The first-order valence-electron chi connectivity index (χ1n) is 10.7. The highest BCUT2D eigenvalue weighted by atomic mass is 16.5. The molecule has 0 aliphatic rings. The topological polar surface area (TPSA) is 112 Å². The summed E-state index contributed by atoms with van der Waals surface area (Å²) in [5.41, 5.74) is 1.88. The molecule has 0 fully saturated rings. The molecule has 10 heteroatoms. The van der Waals surface area contributed by atoms with Gasteiger partial charge in [-0.15, -0.1) is 5.10 Å². The minimum absolute atomic E-state index is 0.130. The van der Waals surface area contributed by atoms with Crippen molar-refractivity contribution in [3.63, 3.8) is 0 Å². The number of amides is 2. The number of carbonyl (C=O) groups is 2. The predicted molar refractivity (Wildman–Crippen MR) is 124 cm³/mol. The molecule has 10 nitrogen and oxygen atoms in total. The third-order valence-corrected chi connectivity index (χ3v) is 5.25. The Kier molecular flexibility index (Phi) is 7.19. The van der Waals surface area contributed by atoms with Crippen LogP contribution in [0.1, 0.15) is 11.8 Å². The van der Waals surface area contributed by atoms with E-state index in [1.165, 1.54) is 15.8 Å². The van der Waals surface area contributed by atoms with E-state index in [0.717, 1.165) is 0 Å². The van der Waals surface area contributed by atoms with E-state index in [0.29, 0.717) is 34.8 Å². The Morgan fingerprint density at radius 1 is 1.09 bits per heavy atom. The lowest BCUT2D eigenvalue weighted by Crippen LogP contribution is -2.45. The van der Waals surface area contributed by atoms with Crippen LogP contribution >= 0.6 is 0 Å². The fourth-order valence-electron chi connectivity index (χ4n) is 3.61. The van der Waals surface area contributed by atoms with Crippen molar-refractivity contribution in [2.24, 2.45) is 0 Å². The highest BCUT2D eigenvalue weighted by Crippen LogP contribution is 2.30. The second-order valence-corrected chi connectivity index (χ2v) is 7.40. The lowest BCUT2D eigenvalue weighted by molar-refractivity contribution is -0.127. The number of methoxy groups -OCH3 is 2. The van der Waals surface area contributed by atoms with Crippen LogP contribution in [-0.2, 0) is 20.9 Å². The largest absolute Gasteiger partial charge is 0.497 e. The predicted octanol–water partition coefficient (Wildman–Crippen LogP) is 2.57. The molecule has 2 heterocycles. The van der Waals surface area contributed by atoms with Crippen LogP contribution < -0.4 is 15.0 Å². The molecular weight excluding hydrogens is 438 g/mol. The van der Waals surface area contributed by atoms with Crippen molar-refractivity contribution in [2.75, 3.05) is 32.3 Å². The molecule has 0 aliphatic heterocycles. The average molecular weight is 463 g/mol. The molecule has 1 atom stereocenters. The van der Waals surface area contributed by atoms with Gasteiger partial charge in [0.05, 0.1) is 25.5 Å². The number of hydrogen-bond donors (Lipinski definition) is 1. The summed E-state index contributed by atoms with van der Waals surface area (Å²) in [6, 6.07) is 16.5. The number of nitrogens with zero attached hydrogens (tertiary/aromatic N) is 4. The molecule has 1 N–H and O–H groups in total. The van der Waals surface area contributed by atoms with Crippen molar-refractivity contribution in [3.05, 3.63) is 72.7 Å². The van der Waals surface area contributed by atoms with Crippen LogP contribution in [0.2, 0.25) is 0 Å². The Balaban J connectivity index is 1.73. The zero-order valence-corrected chi connectivity index (χ0v) is 18.9. The minimum atomic E-state index is -1.05. The van der Waals surface area contributed by atoms with Crippen LogP contribution in [0, 0.1) is 0 Å². The van der Waals surface area contributed by atoms with Crippen molar-refractivity contribution >= 4 is 28.5 Å². The Hall–Kier alpha value is -4.18. The fourth-order valence-corrected chi connectivity index (χ4v) is 3.61. The Bertz CT molecular complexity index is 1240. The summed E-state index contributed by atoms with van der Waals surface area (Å²) in [5, 5.41) is 11.1. The summed E-state index contributed by atoms with van der Waals surface area (Å²) in [6.45, 7) is 0.484. The second kappa shape index (κ2) is 10.6. The molecule has 34 heavy (non-hydrogen) atoms. The summed E-state index contributed by atoms with van der Waals surface area (Å²) >= 11 is 0. The molecule has 2 aromatic heterocycles. The maximum Gasteiger partial charge on any atom is 0.251 e. The number of fused-ring (bicyclic) bond motifs is 1. The second-order valence-electron chi connectivity index (χ2n) is 7.40. The van der Waals surface area contributed by atoms with Gasteiger partial charge in [0, 0.05) is 19.3 Å². The zero-order chi connectivity index (χ0) is 23.9. The molecule has 0 spiro atoms. The number of carbonyl (C=O) groups excluding carboxylic acids is 2. The number of anilines is 1. The SMILES string of the molecule is COCCNC(=O)[C@H](c1ccco1)N(C(=O)Cn1nnc2ccccc21)c1ccc(OC)cc1. The molecule has 176 valence electrons. The van der Waals surface area contributed by atoms with E-state index in [1.54, 1.807) is 50.6 Å². The smallest absolute Gasteiger partial charge is 0.251 e. The number of para-hydroxylation sites is 1. The number of furan rings is 1. The summed E-state index contributed by atoms with van der Waals surface area (Å²) < 4.78 is 17.4. The molecule has 2 aromatic carbocycles. The van der Waals surface area contributed by atoms with Crippen LogP contribution in [0.3, 0.4) is 0 Å². The first kappa shape index (κ1) is 23.0. The summed E-state index contributed by atoms with van der Waals surface area (Å²) in [7, 11) is 3.11. The van der Waals surface area contributed by atoms with E-state index in [2.05, 4.69) is 15.6 Å². The van der Waals surface area contributed by atoms with Gasteiger partial charge in [0.15, 0.2) is 6.04 Å². The highest BCUT2D eigenvalue weighted by Gasteiger charge is 2.35. The Morgan fingerprint density at radius 3 is 2.59 bits per heavy atom. The summed E-state index contributed by atoms with van der Waals surface area (Å²) in [6.07, 6.45) is 1.46. The average Bonchev–Trinajstić information content (AvgIpc) is 3.53. The molecule has 0 aliphatic carbocycles. The first-order valence-corrected chi connectivity index (χ1v) is 10.7. The number of ether oxygens (including phenoxy) is 2. The van der Waals surface area contributed by atoms with E-state index in [1.807, 2.05) is 24.3 Å². The number of hydrogen-bond acceptors (Lipinski definition) is 7. The van der Waals surface area contributed by atoms with E-state index < -0.39 is 11.9 Å². The normalized spacial score (nSPS) is 11.8. The van der Waals surface area contributed by atoms with Crippen LogP contribution in [-0.4, -0.2) is 54.2 Å². The fraction of sp³-hybridized carbons (Fsp3) is 0.250. The molecule has 0 unspecified atom stereocenters. The molecule has 0 saturated carbocycles. The maximum atomic E-state index is 13.7. The van der Waals surface area contributed by atoms with Crippen molar-refractivity contribution in [2.45, 2.75) is 12.6 Å². The molecule has 2 amide bonds. The van der Waals surface area contributed by atoms with Gasteiger partial charge in [-0.1, -0.05) is 17.3 Å². The van der Waals surface area contributed by atoms with Gasteiger partial charge in [0.1, 0.15) is 23.6 Å². The van der Waals surface area contributed by atoms with E-state index in [4.69, 9.17) is 13.9 Å². The van der Waals surface area contributed by atoms with Crippen molar-refractivity contribution in [1.82, 2.24) is 20.3 Å². The van der Waals surface area contributed by atoms with Gasteiger partial charge < -0.3 is 19.2 Å². The Morgan fingerprint density at radius 2 is 1.88 bits per heavy atom. The van der Waals surface area contributed by atoms with Gasteiger partial charge in [-0.2, -0.15) is 0 Å². The molecule has 0 saturated heterocycles. The number of rotatable bonds is 10. The molecule has 4 aromatic rings. The summed E-state index contributed by atoms with van der Waals surface area (Å²) in [5.74, 6) is 0.170. The van der Waals surface area contributed by atoms with E-state index in [-0.39, 0.29) is 19.0 Å². The van der Waals surface area contributed by atoms with Crippen LogP contribution in [0.5, 0.6) is 5.75 Å². The monoisotopic (exact) mass is 463 g/mol. The lowest BCUT2D eigenvalue weighted by Gasteiger charge is -2.30. The lowest BCUT2D eigenvalue weighted by atomic mass is 10.1. The highest BCUT2D eigenvalue weighted by molar-refractivity contribution is 6.01. The van der Waals surface area contributed by atoms with Crippen molar-refractivity contribution < 1.29 is 23.5 Å². The van der Waals surface area contributed by atoms with Gasteiger partial charge in [-0.3, -0.25) is 14.5 Å². The molecule has 0 radical (unpaired) electrons. The number of aromatic nitrogens is 3. The standard InChI is InChI=1S/C24H25N5O5/c1-32-15-13-25-24(31)23(21-8-5-14-34-21)29(17-9-11-18(33-2)12-10-17)22(30)16-28-20-7-4-3-6-19(20)26-27-28/h3-12,14,23H,13,15-16H2,1-2H3,(H,25,31)/t23-/m0/s1. The third kappa shape index (κ3) is 4.91. The van der Waals surface area contributed by atoms with Crippen LogP contribution in [0.15, 0.2) is 71.3 Å². The van der Waals surface area contributed by atoms with E-state index >= 15 is 0 Å². The van der Waals surface area contributed by atoms with Gasteiger partial charge in [0.2, 0.25) is 5.91 Å². The quantitative estimate of drug-likeness (QED) is 0.360. The van der Waals surface area contributed by atoms with Crippen LogP contribution in [0.25, 0.3) is 11.0 Å². The van der Waals surface area contributed by atoms with Gasteiger partial charge >= 0.3 is 0 Å². The first-order chi connectivity index (χ1) is 16.6. The van der Waals surface area contributed by atoms with Gasteiger partial charge in [-0.25, -0.2) is 4.68 Å². The maximum absolute atomic E-state index is 13.7. The minimum Gasteiger partial charge on any atom is -0.497 e. The summed E-state index contributed by atoms with van der Waals surface area (Å²) in [4.78, 5) is 28.4.